The van der Waals surface area contributed by atoms with Crippen LogP contribution in [-0.4, -0.2) is 34.8 Å². The Hall–Kier alpha value is -4.73. The maximum absolute atomic E-state index is 13.8. The van der Waals surface area contributed by atoms with Crippen molar-refractivity contribution >= 4 is 11.8 Å². The Morgan fingerprint density at radius 3 is 2.44 bits per heavy atom. The average Bonchev–Trinajstić information content (AvgIpc) is 3.34. The molecule has 0 saturated carbocycles. The van der Waals surface area contributed by atoms with Crippen molar-refractivity contribution in [1.29, 1.82) is 0 Å². The molecule has 0 radical (unpaired) electrons. The van der Waals surface area contributed by atoms with E-state index in [1.165, 1.54) is 67.4 Å². The Morgan fingerprint density at radius 1 is 0.972 bits per heavy atom. The third-order valence-corrected chi connectivity index (χ3v) is 5.20. The Morgan fingerprint density at radius 2 is 1.72 bits per heavy atom. The van der Waals surface area contributed by atoms with Crippen LogP contribution in [0.3, 0.4) is 0 Å². The largest absolute Gasteiger partial charge is 0.497 e. The Bertz CT molecular complexity index is 1390. The van der Waals surface area contributed by atoms with E-state index in [0.29, 0.717) is 22.7 Å². The number of halogens is 2. The zero-order chi connectivity index (χ0) is 25.7. The summed E-state index contributed by atoms with van der Waals surface area (Å²) in [6.45, 7) is 1.42. The molecule has 0 aliphatic rings. The number of benzene rings is 3. The van der Waals surface area contributed by atoms with Gasteiger partial charge in [0, 0.05) is 11.8 Å². The quantitative estimate of drug-likeness (QED) is 0.380. The van der Waals surface area contributed by atoms with Gasteiger partial charge in [-0.2, -0.15) is 5.10 Å². The fourth-order valence-electron chi connectivity index (χ4n) is 3.32. The van der Waals surface area contributed by atoms with E-state index in [1.807, 2.05) is 0 Å². The van der Waals surface area contributed by atoms with Gasteiger partial charge in [-0.25, -0.2) is 13.5 Å². The van der Waals surface area contributed by atoms with Crippen LogP contribution in [0.1, 0.15) is 17.3 Å². The number of hydrogen-bond acceptors (Lipinski definition) is 5. The molecular weight excluding hydrogens is 470 g/mol. The Labute approximate surface area is 205 Å². The molecular formula is C26H22F2N4O4. The fourth-order valence-corrected chi connectivity index (χ4v) is 3.32. The first kappa shape index (κ1) is 24.4. The zero-order valence-corrected chi connectivity index (χ0v) is 19.4. The second-order valence-electron chi connectivity index (χ2n) is 7.68. The van der Waals surface area contributed by atoms with E-state index in [-0.39, 0.29) is 11.3 Å². The van der Waals surface area contributed by atoms with Crippen molar-refractivity contribution in [2.45, 2.75) is 13.0 Å². The molecule has 184 valence electrons. The lowest BCUT2D eigenvalue weighted by Crippen LogP contribution is -2.47. The molecule has 0 aliphatic carbocycles. The van der Waals surface area contributed by atoms with E-state index in [1.54, 1.807) is 30.3 Å². The smallest absolute Gasteiger partial charge is 0.279 e. The molecule has 36 heavy (non-hydrogen) atoms. The van der Waals surface area contributed by atoms with Crippen LogP contribution in [0.4, 0.5) is 8.78 Å². The van der Waals surface area contributed by atoms with Crippen molar-refractivity contribution in [2.75, 3.05) is 7.11 Å². The minimum absolute atomic E-state index is 0.0904. The molecule has 10 heteroatoms. The van der Waals surface area contributed by atoms with Crippen LogP contribution in [-0.2, 0) is 4.79 Å². The Kier molecular flexibility index (Phi) is 7.24. The molecule has 8 nitrogen and oxygen atoms in total. The van der Waals surface area contributed by atoms with Gasteiger partial charge in [0.2, 0.25) is 0 Å². The summed E-state index contributed by atoms with van der Waals surface area (Å²) in [5.41, 5.74) is 6.17. The summed E-state index contributed by atoms with van der Waals surface area (Å²) < 4.78 is 39.2. The number of carbonyl (C=O) groups is 2. The highest BCUT2D eigenvalue weighted by Crippen LogP contribution is 2.27. The lowest BCUT2D eigenvalue weighted by atomic mass is 10.1. The molecule has 0 bridgehead atoms. The molecule has 1 heterocycles. The highest BCUT2D eigenvalue weighted by Gasteiger charge is 2.22. The minimum atomic E-state index is -1.10. The summed E-state index contributed by atoms with van der Waals surface area (Å²) >= 11 is 0. The molecule has 1 aromatic heterocycles. The summed E-state index contributed by atoms with van der Waals surface area (Å²) in [5, 5.41) is 4.50. The van der Waals surface area contributed by atoms with Crippen LogP contribution >= 0.6 is 0 Å². The lowest BCUT2D eigenvalue weighted by Gasteiger charge is -2.15. The van der Waals surface area contributed by atoms with Crippen molar-refractivity contribution in [3.63, 3.8) is 0 Å². The van der Waals surface area contributed by atoms with Gasteiger partial charge in [-0.15, -0.1) is 0 Å². The minimum Gasteiger partial charge on any atom is -0.497 e. The molecule has 0 fully saturated rings. The molecule has 1 unspecified atom stereocenters. The number of amides is 2. The number of hydrazine groups is 1. The number of rotatable bonds is 7. The third kappa shape index (κ3) is 5.49. The fraction of sp³-hybridized carbons (Fsp3) is 0.115. The molecule has 4 aromatic rings. The number of carbonyl (C=O) groups excluding carboxylic acids is 2. The van der Waals surface area contributed by atoms with Gasteiger partial charge < -0.3 is 9.47 Å². The maximum atomic E-state index is 13.8. The van der Waals surface area contributed by atoms with Crippen molar-refractivity contribution < 1.29 is 27.8 Å². The summed E-state index contributed by atoms with van der Waals surface area (Å²) in [5.74, 6) is -1.91. The van der Waals surface area contributed by atoms with Crippen LogP contribution in [0.2, 0.25) is 0 Å². The number of aromatic nitrogens is 2. The molecule has 1 atom stereocenters. The van der Waals surface area contributed by atoms with E-state index in [2.05, 4.69) is 16.0 Å². The summed E-state index contributed by atoms with van der Waals surface area (Å²) in [4.78, 5) is 25.5. The third-order valence-electron chi connectivity index (χ3n) is 5.20. The van der Waals surface area contributed by atoms with Gasteiger partial charge in [-0.1, -0.05) is 24.3 Å². The summed E-state index contributed by atoms with van der Waals surface area (Å²) in [6, 6.07) is 18.2. The van der Waals surface area contributed by atoms with Crippen LogP contribution in [0.25, 0.3) is 16.9 Å². The van der Waals surface area contributed by atoms with Crippen LogP contribution in [0.15, 0.2) is 79.0 Å². The van der Waals surface area contributed by atoms with Gasteiger partial charge in [0.05, 0.1) is 18.4 Å². The lowest BCUT2D eigenvalue weighted by molar-refractivity contribution is -0.128. The zero-order valence-electron chi connectivity index (χ0n) is 19.4. The van der Waals surface area contributed by atoms with Gasteiger partial charge in [-0.3, -0.25) is 20.4 Å². The first-order chi connectivity index (χ1) is 17.4. The highest BCUT2D eigenvalue weighted by molar-refractivity contribution is 6.01. The van der Waals surface area contributed by atoms with Crippen LogP contribution in [0, 0.1) is 11.6 Å². The number of para-hydroxylation sites is 1. The molecule has 3 aromatic carbocycles. The maximum Gasteiger partial charge on any atom is 0.279 e. The van der Waals surface area contributed by atoms with Gasteiger partial charge in [0.1, 0.15) is 17.3 Å². The average molecular weight is 492 g/mol. The number of nitrogens with one attached hydrogen (secondary N) is 2. The topological polar surface area (TPSA) is 94.5 Å². The summed E-state index contributed by atoms with van der Waals surface area (Å²) in [6.07, 6.45) is 0.366. The Balaban J connectivity index is 1.56. The second kappa shape index (κ2) is 10.7. The van der Waals surface area contributed by atoms with Gasteiger partial charge in [-0.05, 0) is 55.5 Å². The van der Waals surface area contributed by atoms with E-state index in [0.717, 1.165) is 0 Å². The normalized spacial score (nSPS) is 11.4. The molecule has 4 rings (SSSR count). The summed E-state index contributed by atoms with van der Waals surface area (Å²) in [7, 11) is 1.52. The van der Waals surface area contributed by atoms with Crippen LogP contribution in [0.5, 0.6) is 11.5 Å². The predicted octanol–water partition coefficient (Wildman–Crippen LogP) is 4.05. The first-order valence-electron chi connectivity index (χ1n) is 10.9. The van der Waals surface area contributed by atoms with Gasteiger partial charge >= 0.3 is 0 Å². The first-order valence-corrected chi connectivity index (χ1v) is 10.9. The SMILES string of the molecule is COc1cccc(-c2nn(-c3ccc(F)cc3)cc2C(=O)NNC(=O)C(C)Oc2ccccc2F)c1. The van der Waals surface area contributed by atoms with Gasteiger partial charge in [0.25, 0.3) is 11.8 Å². The van der Waals surface area contributed by atoms with E-state index in [4.69, 9.17) is 9.47 Å². The molecule has 2 N–H and O–H groups in total. The molecule has 0 aliphatic heterocycles. The van der Waals surface area contributed by atoms with E-state index < -0.39 is 29.6 Å². The molecule has 0 spiro atoms. The number of hydrogen-bond donors (Lipinski definition) is 2. The van der Waals surface area contributed by atoms with Crippen molar-refractivity contribution in [3.05, 3.63) is 96.2 Å². The van der Waals surface area contributed by atoms with Gasteiger partial charge in [0.15, 0.2) is 17.7 Å². The van der Waals surface area contributed by atoms with Crippen molar-refractivity contribution in [1.82, 2.24) is 20.6 Å². The van der Waals surface area contributed by atoms with E-state index in [9.17, 15) is 18.4 Å². The number of ether oxygens (including phenoxy) is 2. The monoisotopic (exact) mass is 492 g/mol. The standard InChI is InChI=1S/C26H22F2N4O4/c1-16(36-23-9-4-3-8-22(23)28)25(33)29-30-26(34)21-15-32(19-12-10-18(27)11-13-19)31-24(21)17-6-5-7-20(14-17)35-2/h3-16H,1-2H3,(H,29,33)(H,30,34). The molecule has 2 amide bonds. The van der Waals surface area contributed by atoms with Crippen LogP contribution < -0.4 is 20.3 Å². The number of methoxy groups -OCH3 is 1. The molecule has 0 saturated heterocycles. The van der Waals surface area contributed by atoms with E-state index >= 15 is 0 Å². The van der Waals surface area contributed by atoms with Crippen molar-refractivity contribution in [3.8, 4) is 28.4 Å². The predicted molar refractivity (Wildman–Crippen MR) is 128 cm³/mol. The second-order valence-corrected chi connectivity index (χ2v) is 7.68. The number of nitrogens with zero attached hydrogens (tertiary/aromatic N) is 2. The highest BCUT2D eigenvalue weighted by atomic mass is 19.1. The van der Waals surface area contributed by atoms with Crippen molar-refractivity contribution in [2.24, 2.45) is 0 Å².